The Morgan fingerprint density at radius 2 is 0.833 bits per heavy atom. The third-order valence-corrected chi connectivity index (χ3v) is 5.08. The van der Waals surface area contributed by atoms with Crippen molar-refractivity contribution in [3.63, 3.8) is 0 Å². The maximum absolute atomic E-state index is 5.77. The zero-order chi connectivity index (χ0) is 17.4. The van der Waals surface area contributed by atoms with E-state index in [-0.39, 0.29) is 0 Å². The average molecular weight is 586 g/mol. The van der Waals surface area contributed by atoms with Gasteiger partial charge in [-0.2, -0.15) is 0 Å². The quantitative estimate of drug-likeness (QED) is 0.280. The first-order valence-electron chi connectivity index (χ1n) is 7.71. The Kier molecular flexibility index (Phi) is 9.16. The van der Waals surface area contributed by atoms with Crippen molar-refractivity contribution in [3.8, 4) is 11.5 Å². The molecule has 0 amide bonds. The minimum absolute atomic E-state index is 0.738. The van der Waals surface area contributed by atoms with E-state index in [0.717, 1.165) is 68.3 Å². The number of rotatable bonds is 9. The summed E-state index contributed by atoms with van der Waals surface area (Å²) in [7, 11) is 0. The van der Waals surface area contributed by atoms with Crippen molar-refractivity contribution in [2.45, 2.75) is 25.7 Å². The largest absolute Gasteiger partial charge is 0.494 e. The molecule has 0 radical (unpaired) electrons. The minimum Gasteiger partial charge on any atom is -0.494 e. The molecule has 0 saturated carbocycles. The highest BCUT2D eigenvalue weighted by molar-refractivity contribution is 9.11. The smallest absolute Gasteiger partial charge is 0.121 e. The lowest BCUT2D eigenvalue weighted by atomic mass is 10.2. The van der Waals surface area contributed by atoms with Crippen molar-refractivity contribution in [2.75, 3.05) is 13.2 Å². The van der Waals surface area contributed by atoms with Gasteiger partial charge in [-0.05, 0) is 62.1 Å². The lowest BCUT2D eigenvalue weighted by Gasteiger charge is -2.08. The minimum atomic E-state index is 0.738. The van der Waals surface area contributed by atoms with E-state index in [1.54, 1.807) is 0 Å². The van der Waals surface area contributed by atoms with Crippen LogP contribution in [0.2, 0.25) is 0 Å². The van der Waals surface area contributed by atoms with Gasteiger partial charge in [0.05, 0.1) is 13.2 Å². The molecule has 0 atom stereocenters. The Morgan fingerprint density at radius 1 is 0.500 bits per heavy atom. The van der Waals surface area contributed by atoms with Crippen LogP contribution in [0.25, 0.3) is 0 Å². The maximum atomic E-state index is 5.77. The highest BCUT2D eigenvalue weighted by Crippen LogP contribution is 2.26. The van der Waals surface area contributed by atoms with Crippen molar-refractivity contribution in [3.05, 3.63) is 54.3 Å². The Morgan fingerprint density at radius 3 is 1.17 bits per heavy atom. The molecule has 0 fully saturated rings. The monoisotopic (exact) mass is 582 g/mol. The molecule has 2 nitrogen and oxygen atoms in total. The molecule has 0 heterocycles. The van der Waals surface area contributed by atoms with Crippen molar-refractivity contribution < 1.29 is 9.47 Å². The van der Waals surface area contributed by atoms with Gasteiger partial charge in [-0.25, -0.2) is 0 Å². The van der Waals surface area contributed by atoms with E-state index in [4.69, 9.17) is 9.47 Å². The zero-order valence-corrected chi connectivity index (χ0v) is 19.4. The molecule has 0 aromatic heterocycles. The first-order valence-corrected chi connectivity index (χ1v) is 10.9. The fourth-order valence-electron chi connectivity index (χ4n) is 2.16. The third kappa shape index (κ3) is 7.89. The zero-order valence-electron chi connectivity index (χ0n) is 13.0. The summed E-state index contributed by atoms with van der Waals surface area (Å²) in [6.45, 7) is 1.48. The standard InChI is InChI=1S/C18H18Br4O2/c19-13-7-14(20)10-17(9-13)23-5-3-1-2-4-6-24-18-11-15(21)8-16(22)12-18/h7-12H,1-6H2. The highest BCUT2D eigenvalue weighted by Gasteiger charge is 2.00. The third-order valence-electron chi connectivity index (χ3n) is 3.25. The van der Waals surface area contributed by atoms with E-state index in [0.29, 0.717) is 0 Å². The van der Waals surface area contributed by atoms with Crippen LogP contribution in [-0.2, 0) is 0 Å². The van der Waals surface area contributed by atoms with E-state index in [9.17, 15) is 0 Å². The number of unbranched alkanes of at least 4 members (excludes halogenated alkanes) is 3. The van der Waals surface area contributed by atoms with Gasteiger partial charge in [0.15, 0.2) is 0 Å². The Balaban J connectivity index is 1.55. The van der Waals surface area contributed by atoms with Gasteiger partial charge < -0.3 is 9.47 Å². The summed E-state index contributed by atoms with van der Waals surface area (Å²) in [6, 6.07) is 11.9. The molecule has 0 bridgehead atoms. The van der Waals surface area contributed by atoms with Crippen LogP contribution in [0, 0.1) is 0 Å². The lowest BCUT2D eigenvalue weighted by Crippen LogP contribution is -2.00. The Bertz CT molecular complexity index is 563. The maximum Gasteiger partial charge on any atom is 0.121 e. The molecule has 0 saturated heterocycles. The molecule has 2 aromatic rings. The summed E-state index contributed by atoms with van der Waals surface area (Å²) in [4.78, 5) is 0. The van der Waals surface area contributed by atoms with Crippen molar-refractivity contribution in [1.82, 2.24) is 0 Å². The van der Waals surface area contributed by atoms with Crippen LogP contribution in [0.3, 0.4) is 0 Å². The van der Waals surface area contributed by atoms with Gasteiger partial charge in [-0.3, -0.25) is 0 Å². The fourth-order valence-corrected chi connectivity index (χ4v) is 4.66. The van der Waals surface area contributed by atoms with Gasteiger partial charge in [0.1, 0.15) is 11.5 Å². The van der Waals surface area contributed by atoms with E-state index in [1.807, 2.05) is 36.4 Å². The molecule has 24 heavy (non-hydrogen) atoms. The average Bonchev–Trinajstić information content (AvgIpc) is 2.48. The molecular formula is C18H18Br4O2. The van der Waals surface area contributed by atoms with E-state index >= 15 is 0 Å². The van der Waals surface area contributed by atoms with Crippen LogP contribution in [-0.4, -0.2) is 13.2 Å². The van der Waals surface area contributed by atoms with Crippen LogP contribution < -0.4 is 9.47 Å². The van der Waals surface area contributed by atoms with Gasteiger partial charge in [-0.1, -0.05) is 63.7 Å². The van der Waals surface area contributed by atoms with Crippen LogP contribution in [0.5, 0.6) is 11.5 Å². The lowest BCUT2D eigenvalue weighted by molar-refractivity contribution is 0.287. The van der Waals surface area contributed by atoms with Crippen LogP contribution in [0.15, 0.2) is 54.3 Å². The van der Waals surface area contributed by atoms with E-state index < -0.39 is 0 Å². The molecule has 0 N–H and O–H groups in total. The molecule has 0 unspecified atom stereocenters. The van der Waals surface area contributed by atoms with E-state index in [2.05, 4.69) is 63.7 Å². The summed E-state index contributed by atoms with van der Waals surface area (Å²) >= 11 is 13.8. The van der Waals surface area contributed by atoms with Gasteiger partial charge >= 0.3 is 0 Å². The van der Waals surface area contributed by atoms with Gasteiger partial charge in [0.25, 0.3) is 0 Å². The van der Waals surface area contributed by atoms with Crippen molar-refractivity contribution in [2.24, 2.45) is 0 Å². The summed E-state index contributed by atoms with van der Waals surface area (Å²) < 4.78 is 15.6. The van der Waals surface area contributed by atoms with Gasteiger partial charge in [-0.15, -0.1) is 0 Å². The summed E-state index contributed by atoms with van der Waals surface area (Å²) in [5, 5.41) is 0. The van der Waals surface area contributed by atoms with Crippen molar-refractivity contribution in [1.29, 1.82) is 0 Å². The fraction of sp³-hybridized carbons (Fsp3) is 0.333. The predicted molar refractivity (Wildman–Crippen MR) is 113 cm³/mol. The first-order chi connectivity index (χ1) is 11.5. The molecule has 0 aliphatic heterocycles. The number of hydrogen-bond donors (Lipinski definition) is 0. The summed E-state index contributed by atoms with van der Waals surface area (Å²) in [5.41, 5.74) is 0. The van der Waals surface area contributed by atoms with Gasteiger partial charge in [0, 0.05) is 17.9 Å². The number of ether oxygens (including phenoxy) is 2. The summed E-state index contributed by atoms with van der Waals surface area (Å²) in [6.07, 6.45) is 4.38. The second-order valence-electron chi connectivity index (χ2n) is 5.32. The van der Waals surface area contributed by atoms with Crippen LogP contribution >= 0.6 is 63.7 Å². The molecule has 0 aliphatic rings. The summed E-state index contributed by atoms with van der Waals surface area (Å²) in [5.74, 6) is 1.78. The first kappa shape index (κ1) is 20.3. The number of benzene rings is 2. The molecule has 6 heteroatoms. The predicted octanol–water partition coefficient (Wildman–Crippen LogP) is 7.75. The number of halogens is 4. The molecular weight excluding hydrogens is 568 g/mol. The normalized spacial score (nSPS) is 10.7. The topological polar surface area (TPSA) is 18.5 Å². The molecule has 0 spiro atoms. The molecule has 0 aliphatic carbocycles. The molecule has 2 aromatic carbocycles. The van der Waals surface area contributed by atoms with Crippen molar-refractivity contribution >= 4 is 63.7 Å². The van der Waals surface area contributed by atoms with Crippen LogP contribution in [0.4, 0.5) is 0 Å². The highest BCUT2D eigenvalue weighted by atomic mass is 79.9. The van der Waals surface area contributed by atoms with E-state index in [1.165, 1.54) is 0 Å². The van der Waals surface area contributed by atoms with Crippen LogP contribution in [0.1, 0.15) is 25.7 Å². The molecule has 2 rings (SSSR count). The SMILES string of the molecule is Brc1cc(Br)cc(OCCCCCCOc2cc(Br)cc(Br)c2)c1. The number of hydrogen-bond acceptors (Lipinski definition) is 2. The second kappa shape index (κ2) is 10.8. The second-order valence-corrected chi connectivity index (χ2v) is 8.98. The van der Waals surface area contributed by atoms with Gasteiger partial charge in [0.2, 0.25) is 0 Å². The molecule has 130 valence electrons. The Hall–Kier alpha value is -0.0400. The Labute approximate surface area is 176 Å².